The van der Waals surface area contributed by atoms with Gasteiger partial charge < -0.3 is 14.7 Å². The van der Waals surface area contributed by atoms with Crippen molar-refractivity contribution in [3.05, 3.63) is 53.4 Å². The molecule has 8 heteroatoms. The average molecular weight is 419 g/mol. The minimum Gasteiger partial charge on any atom is -0.360 e. The van der Waals surface area contributed by atoms with E-state index in [0.717, 1.165) is 35.0 Å². The van der Waals surface area contributed by atoms with Crippen LogP contribution in [0.3, 0.4) is 0 Å². The van der Waals surface area contributed by atoms with Crippen molar-refractivity contribution in [1.82, 2.24) is 19.9 Å². The van der Waals surface area contributed by atoms with E-state index in [1.807, 2.05) is 40.1 Å². The highest BCUT2D eigenvalue weighted by atomic mass is 16.5. The molecule has 1 saturated heterocycles. The Kier molecular flexibility index (Phi) is 5.15. The van der Waals surface area contributed by atoms with Crippen LogP contribution in [0.25, 0.3) is 10.9 Å². The number of fused-ring (bicyclic) bond motifs is 1. The molecule has 1 aromatic carbocycles. The molecule has 0 radical (unpaired) electrons. The molecule has 2 aromatic heterocycles. The Morgan fingerprint density at radius 3 is 2.61 bits per heavy atom. The maximum Gasteiger partial charge on any atom is 0.254 e. The van der Waals surface area contributed by atoms with Gasteiger partial charge in [0.2, 0.25) is 5.91 Å². The summed E-state index contributed by atoms with van der Waals surface area (Å²) in [5, 5.41) is 7.43. The Morgan fingerprint density at radius 2 is 1.90 bits per heavy atom. The zero-order valence-corrected chi connectivity index (χ0v) is 17.5. The lowest BCUT2D eigenvalue weighted by atomic mass is 10.0. The number of amides is 2. The van der Waals surface area contributed by atoms with Crippen molar-refractivity contribution in [1.29, 1.82) is 0 Å². The average Bonchev–Trinajstić information content (AvgIpc) is 3.55. The highest BCUT2D eigenvalue weighted by Gasteiger charge is 2.29. The number of benzene rings is 1. The van der Waals surface area contributed by atoms with Gasteiger partial charge in [-0.05, 0) is 31.9 Å². The van der Waals surface area contributed by atoms with Gasteiger partial charge in [0.25, 0.3) is 5.91 Å². The highest BCUT2D eigenvalue weighted by molar-refractivity contribution is 6.06. The molecule has 5 rings (SSSR count). The predicted octanol–water partition coefficient (Wildman–Crippen LogP) is 2.81. The van der Waals surface area contributed by atoms with E-state index in [1.54, 1.807) is 13.0 Å². The Bertz CT molecular complexity index is 1130. The summed E-state index contributed by atoms with van der Waals surface area (Å²) in [7, 11) is 0. The largest absolute Gasteiger partial charge is 0.360 e. The Morgan fingerprint density at radius 1 is 1.13 bits per heavy atom. The molecule has 2 amide bonds. The fourth-order valence-electron chi connectivity index (χ4n) is 4.05. The number of rotatable bonds is 5. The molecule has 1 aliphatic carbocycles. The third-order valence-corrected chi connectivity index (χ3v) is 5.88. The second kappa shape index (κ2) is 8.11. The van der Waals surface area contributed by atoms with Crippen LogP contribution in [0, 0.1) is 6.92 Å². The third kappa shape index (κ3) is 4.29. The van der Waals surface area contributed by atoms with Crippen LogP contribution < -0.4 is 5.32 Å². The van der Waals surface area contributed by atoms with Gasteiger partial charge in [-0.15, -0.1) is 0 Å². The second-order valence-corrected chi connectivity index (χ2v) is 8.33. The standard InChI is InChI=1S/C23H25N5O3/c1-15-12-21(26-31-15)25-22(29)14-27-8-10-28(11-9-27)23(30)18-13-20(16-6-7-16)24-19-5-3-2-4-17(18)19/h2-5,12-13,16H,6-11,14H2,1H3,(H,25,26,29). The van der Waals surface area contributed by atoms with E-state index < -0.39 is 0 Å². The Labute approximate surface area is 180 Å². The number of carbonyl (C=O) groups excluding carboxylic acids is 2. The molecular formula is C23H25N5O3. The van der Waals surface area contributed by atoms with Crippen molar-refractivity contribution in [3.8, 4) is 0 Å². The molecule has 31 heavy (non-hydrogen) atoms. The van der Waals surface area contributed by atoms with Crippen LogP contribution in [0.1, 0.15) is 40.6 Å². The highest BCUT2D eigenvalue weighted by Crippen LogP contribution is 2.40. The SMILES string of the molecule is Cc1cc(NC(=O)CN2CCN(C(=O)c3cc(C4CC4)nc4ccccc34)CC2)no1. The number of aryl methyl sites for hydroxylation is 1. The molecule has 0 spiro atoms. The normalized spacial score (nSPS) is 17.1. The van der Waals surface area contributed by atoms with E-state index in [-0.39, 0.29) is 18.4 Å². The number of nitrogens with one attached hydrogen (secondary N) is 1. The number of para-hydroxylation sites is 1. The Balaban J connectivity index is 1.24. The fraction of sp³-hybridized carbons (Fsp3) is 0.391. The summed E-state index contributed by atoms with van der Waals surface area (Å²) >= 11 is 0. The minimum atomic E-state index is -0.137. The molecule has 3 aromatic rings. The first-order valence-electron chi connectivity index (χ1n) is 10.7. The maximum absolute atomic E-state index is 13.4. The van der Waals surface area contributed by atoms with Gasteiger partial charge in [0.15, 0.2) is 5.82 Å². The topological polar surface area (TPSA) is 91.6 Å². The van der Waals surface area contributed by atoms with E-state index in [2.05, 4.69) is 10.5 Å². The zero-order chi connectivity index (χ0) is 21.4. The molecule has 1 saturated carbocycles. The zero-order valence-electron chi connectivity index (χ0n) is 17.5. The van der Waals surface area contributed by atoms with Gasteiger partial charge in [-0.3, -0.25) is 19.5 Å². The van der Waals surface area contributed by atoms with E-state index >= 15 is 0 Å². The van der Waals surface area contributed by atoms with Crippen LogP contribution in [0.15, 0.2) is 40.9 Å². The number of carbonyl (C=O) groups is 2. The first kappa shape index (κ1) is 19.7. The van der Waals surface area contributed by atoms with E-state index in [0.29, 0.717) is 43.7 Å². The molecule has 160 valence electrons. The number of nitrogens with zero attached hydrogens (tertiary/aromatic N) is 4. The van der Waals surface area contributed by atoms with Gasteiger partial charge in [0.05, 0.1) is 17.6 Å². The van der Waals surface area contributed by atoms with Gasteiger partial charge in [0, 0.05) is 49.2 Å². The number of hydrogen-bond acceptors (Lipinski definition) is 6. The van der Waals surface area contributed by atoms with E-state index in [1.165, 1.54) is 0 Å². The third-order valence-electron chi connectivity index (χ3n) is 5.88. The summed E-state index contributed by atoms with van der Waals surface area (Å²) in [6, 6.07) is 11.5. The molecule has 0 atom stereocenters. The lowest BCUT2D eigenvalue weighted by Crippen LogP contribution is -2.50. The summed E-state index contributed by atoms with van der Waals surface area (Å²) in [4.78, 5) is 34.3. The van der Waals surface area contributed by atoms with Gasteiger partial charge in [-0.25, -0.2) is 0 Å². The van der Waals surface area contributed by atoms with Crippen molar-refractivity contribution in [2.45, 2.75) is 25.7 Å². The number of pyridine rings is 1. The quantitative estimate of drug-likeness (QED) is 0.684. The summed E-state index contributed by atoms with van der Waals surface area (Å²) in [5.74, 6) is 1.47. The monoisotopic (exact) mass is 419 g/mol. The molecule has 8 nitrogen and oxygen atoms in total. The van der Waals surface area contributed by atoms with E-state index in [4.69, 9.17) is 9.51 Å². The van der Waals surface area contributed by atoms with Crippen LogP contribution in [0.4, 0.5) is 5.82 Å². The van der Waals surface area contributed by atoms with Crippen LogP contribution in [0.5, 0.6) is 0 Å². The molecule has 2 aliphatic rings. The first-order valence-corrected chi connectivity index (χ1v) is 10.7. The number of hydrogen-bond donors (Lipinski definition) is 1. The summed E-state index contributed by atoms with van der Waals surface area (Å²) in [6.07, 6.45) is 2.29. The van der Waals surface area contributed by atoms with Crippen molar-refractivity contribution >= 4 is 28.5 Å². The van der Waals surface area contributed by atoms with Gasteiger partial charge in [-0.2, -0.15) is 0 Å². The number of aromatic nitrogens is 2. The summed E-state index contributed by atoms with van der Waals surface area (Å²) < 4.78 is 4.97. The molecule has 2 fully saturated rings. The first-order chi connectivity index (χ1) is 15.1. The minimum absolute atomic E-state index is 0.0441. The Hall–Kier alpha value is -3.26. The molecular weight excluding hydrogens is 394 g/mol. The fourth-order valence-corrected chi connectivity index (χ4v) is 4.05. The number of anilines is 1. The molecule has 0 unspecified atom stereocenters. The van der Waals surface area contributed by atoms with Crippen LogP contribution >= 0.6 is 0 Å². The van der Waals surface area contributed by atoms with Crippen molar-refractivity contribution in [2.24, 2.45) is 0 Å². The van der Waals surface area contributed by atoms with Crippen molar-refractivity contribution < 1.29 is 14.1 Å². The second-order valence-electron chi connectivity index (χ2n) is 8.33. The summed E-state index contributed by atoms with van der Waals surface area (Å²) in [6.45, 7) is 4.51. The van der Waals surface area contributed by atoms with Crippen LogP contribution in [0.2, 0.25) is 0 Å². The van der Waals surface area contributed by atoms with Crippen molar-refractivity contribution in [2.75, 3.05) is 38.0 Å². The van der Waals surface area contributed by atoms with Crippen molar-refractivity contribution in [3.63, 3.8) is 0 Å². The molecule has 0 bridgehead atoms. The molecule has 1 aliphatic heterocycles. The van der Waals surface area contributed by atoms with Crippen LogP contribution in [-0.4, -0.2) is 64.5 Å². The van der Waals surface area contributed by atoms with E-state index in [9.17, 15) is 9.59 Å². The van der Waals surface area contributed by atoms with Gasteiger partial charge in [0.1, 0.15) is 5.76 Å². The lowest BCUT2D eigenvalue weighted by Gasteiger charge is -2.34. The smallest absolute Gasteiger partial charge is 0.254 e. The predicted molar refractivity (Wildman–Crippen MR) is 116 cm³/mol. The molecule has 3 heterocycles. The van der Waals surface area contributed by atoms with Crippen LogP contribution in [-0.2, 0) is 4.79 Å². The van der Waals surface area contributed by atoms with Gasteiger partial charge >= 0.3 is 0 Å². The number of piperazine rings is 1. The maximum atomic E-state index is 13.4. The lowest BCUT2D eigenvalue weighted by molar-refractivity contribution is -0.117. The summed E-state index contributed by atoms with van der Waals surface area (Å²) in [5.41, 5.74) is 2.65. The molecule has 1 N–H and O–H groups in total. The van der Waals surface area contributed by atoms with Gasteiger partial charge in [-0.1, -0.05) is 23.4 Å².